The molecule has 2 N–H and O–H groups in total. The molecule has 0 aliphatic heterocycles. The fourth-order valence-electron chi connectivity index (χ4n) is 1.88. The van der Waals surface area contributed by atoms with Crippen LogP contribution in [0.25, 0.3) is 0 Å². The predicted octanol–water partition coefficient (Wildman–Crippen LogP) is 3.62. The molecule has 22 heavy (non-hydrogen) atoms. The van der Waals surface area contributed by atoms with Crippen LogP contribution in [0.5, 0.6) is 0 Å². The van der Waals surface area contributed by atoms with E-state index in [9.17, 15) is 14.7 Å². The summed E-state index contributed by atoms with van der Waals surface area (Å²) < 4.78 is 5.14. The van der Waals surface area contributed by atoms with E-state index in [0.29, 0.717) is 24.1 Å². The molecular weight excluding hydrogens is 282 g/mol. The molecule has 118 valence electrons. The van der Waals surface area contributed by atoms with E-state index in [4.69, 9.17) is 11.2 Å². The summed E-state index contributed by atoms with van der Waals surface area (Å²) in [6.07, 6.45) is 5.40. The van der Waals surface area contributed by atoms with Gasteiger partial charge in [0.2, 0.25) is 0 Å². The van der Waals surface area contributed by atoms with Crippen molar-refractivity contribution < 1.29 is 19.4 Å². The Kier molecular flexibility index (Phi) is 6.00. The van der Waals surface area contributed by atoms with Gasteiger partial charge < -0.3 is 9.84 Å². The zero-order chi connectivity index (χ0) is 16.8. The standard InChI is InChI=1S/C17H21NO4/c1-5-6-7-14(15(19)20)12-8-10-13(11-9-12)18-16(21)22-17(2,3)4/h1,8-11,14H,6-7H2,2-4H3,(H,18,21)(H,19,20)/t14-/m0/s1. The largest absolute Gasteiger partial charge is 0.481 e. The minimum atomic E-state index is -0.914. The average Bonchev–Trinajstić information content (AvgIpc) is 2.38. The highest BCUT2D eigenvalue weighted by atomic mass is 16.6. The van der Waals surface area contributed by atoms with E-state index in [1.807, 2.05) is 0 Å². The van der Waals surface area contributed by atoms with Crippen LogP contribution >= 0.6 is 0 Å². The highest BCUT2D eigenvalue weighted by Gasteiger charge is 2.19. The molecule has 5 nitrogen and oxygen atoms in total. The molecule has 5 heteroatoms. The molecule has 1 aromatic carbocycles. The van der Waals surface area contributed by atoms with Gasteiger partial charge in [0.15, 0.2) is 0 Å². The molecule has 0 saturated carbocycles. The Bertz CT molecular complexity index is 564. The van der Waals surface area contributed by atoms with Gasteiger partial charge in [-0.05, 0) is 44.9 Å². The van der Waals surface area contributed by atoms with E-state index in [1.54, 1.807) is 45.0 Å². The predicted molar refractivity (Wildman–Crippen MR) is 84.7 cm³/mol. The van der Waals surface area contributed by atoms with Gasteiger partial charge in [-0.3, -0.25) is 10.1 Å². The molecule has 0 heterocycles. The first-order chi connectivity index (χ1) is 10.2. The molecule has 1 rings (SSSR count). The molecule has 0 spiro atoms. The highest BCUT2D eigenvalue weighted by Crippen LogP contribution is 2.23. The quantitative estimate of drug-likeness (QED) is 0.815. The van der Waals surface area contributed by atoms with E-state index >= 15 is 0 Å². The Labute approximate surface area is 130 Å². The number of hydrogen-bond donors (Lipinski definition) is 2. The summed E-state index contributed by atoms with van der Waals surface area (Å²) >= 11 is 0. The first kappa shape index (κ1) is 17.6. The van der Waals surface area contributed by atoms with E-state index in [-0.39, 0.29) is 0 Å². The first-order valence-corrected chi connectivity index (χ1v) is 6.99. The highest BCUT2D eigenvalue weighted by molar-refractivity contribution is 5.85. The molecule has 1 atom stereocenters. The van der Waals surface area contributed by atoms with Crippen LogP contribution in [0.2, 0.25) is 0 Å². The third-order valence-electron chi connectivity index (χ3n) is 2.83. The van der Waals surface area contributed by atoms with Gasteiger partial charge in [0.25, 0.3) is 0 Å². The monoisotopic (exact) mass is 303 g/mol. The van der Waals surface area contributed by atoms with Crippen molar-refractivity contribution in [1.82, 2.24) is 0 Å². The van der Waals surface area contributed by atoms with Gasteiger partial charge in [-0.1, -0.05) is 12.1 Å². The zero-order valence-electron chi connectivity index (χ0n) is 13.1. The second kappa shape index (κ2) is 7.51. The van der Waals surface area contributed by atoms with Gasteiger partial charge in [-0.25, -0.2) is 4.79 Å². The molecular formula is C17H21NO4. The number of carbonyl (C=O) groups excluding carboxylic acids is 1. The molecule has 0 radical (unpaired) electrons. The second-order valence-corrected chi connectivity index (χ2v) is 5.88. The number of carbonyl (C=O) groups is 2. The maximum Gasteiger partial charge on any atom is 0.412 e. The first-order valence-electron chi connectivity index (χ1n) is 6.99. The van der Waals surface area contributed by atoms with Crippen molar-refractivity contribution in [3.63, 3.8) is 0 Å². The Balaban J connectivity index is 2.75. The van der Waals surface area contributed by atoms with Gasteiger partial charge in [0, 0.05) is 12.1 Å². The molecule has 0 aromatic heterocycles. The number of ether oxygens (including phenoxy) is 1. The average molecular weight is 303 g/mol. The third-order valence-corrected chi connectivity index (χ3v) is 2.83. The van der Waals surface area contributed by atoms with Crippen LogP contribution in [0, 0.1) is 12.3 Å². The van der Waals surface area contributed by atoms with Crippen molar-refractivity contribution in [2.75, 3.05) is 5.32 Å². The lowest BCUT2D eigenvalue weighted by atomic mass is 9.94. The van der Waals surface area contributed by atoms with Crippen LogP contribution in [0.3, 0.4) is 0 Å². The van der Waals surface area contributed by atoms with Crippen molar-refractivity contribution in [3.05, 3.63) is 29.8 Å². The number of anilines is 1. The molecule has 0 unspecified atom stereocenters. The van der Waals surface area contributed by atoms with E-state index < -0.39 is 23.6 Å². The van der Waals surface area contributed by atoms with Gasteiger partial charge in [0.1, 0.15) is 5.60 Å². The van der Waals surface area contributed by atoms with Crippen molar-refractivity contribution in [3.8, 4) is 12.3 Å². The fourth-order valence-corrected chi connectivity index (χ4v) is 1.88. The molecule has 0 aliphatic rings. The number of carboxylic acid groups (broad SMARTS) is 1. The summed E-state index contributed by atoms with van der Waals surface area (Å²) in [7, 11) is 0. The number of benzene rings is 1. The summed E-state index contributed by atoms with van der Waals surface area (Å²) in [5, 5.41) is 11.8. The van der Waals surface area contributed by atoms with Crippen LogP contribution in [0.1, 0.15) is 45.1 Å². The summed E-state index contributed by atoms with van der Waals surface area (Å²) in [5.41, 5.74) is 0.616. The Morgan fingerprint density at radius 2 is 1.91 bits per heavy atom. The Hall–Kier alpha value is -2.48. The number of rotatable bonds is 5. The van der Waals surface area contributed by atoms with Crippen molar-refractivity contribution in [2.24, 2.45) is 0 Å². The van der Waals surface area contributed by atoms with Gasteiger partial charge in [-0.15, -0.1) is 12.3 Å². The van der Waals surface area contributed by atoms with Crippen molar-refractivity contribution >= 4 is 17.7 Å². The maximum absolute atomic E-state index is 11.6. The van der Waals surface area contributed by atoms with Gasteiger partial charge in [0.05, 0.1) is 5.92 Å². The number of amides is 1. The number of hydrogen-bond acceptors (Lipinski definition) is 3. The third kappa shape index (κ3) is 5.88. The van der Waals surface area contributed by atoms with Gasteiger partial charge in [-0.2, -0.15) is 0 Å². The van der Waals surface area contributed by atoms with Gasteiger partial charge >= 0.3 is 12.1 Å². The van der Waals surface area contributed by atoms with Crippen LogP contribution in [0.15, 0.2) is 24.3 Å². The van der Waals surface area contributed by atoms with Crippen molar-refractivity contribution in [2.45, 2.75) is 45.1 Å². The Morgan fingerprint density at radius 3 is 2.36 bits per heavy atom. The van der Waals surface area contributed by atoms with E-state index in [2.05, 4.69) is 11.2 Å². The summed E-state index contributed by atoms with van der Waals surface area (Å²) in [5.74, 6) is 0.885. The smallest absolute Gasteiger partial charge is 0.412 e. The number of carboxylic acids is 1. The number of nitrogens with one attached hydrogen (secondary N) is 1. The minimum Gasteiger partial charge on any atom is -0.481 e. The van der Waals surface area contributed by atoms with E-state index in [1.165, 1.54) is 0 Å². The number of terminal acetylenes is 1. The summed E-state index contributed by atoms with van der Waals surface area (Å²) in [4.78, 5) is 22.9. The van der Waals surface area contributed by atoms with E-state index in [0.717, 1.165) is 0 Å². The second-order valence-electron chi connectivity index (χ2n) is 5.88. The molecule has 1 aromatic rings. The lowest BCUT2D eigenvalue weighted by Crippen LogP contribution is -2.27. The summed E-state index contributed by atoms with van der Waals surface area (Å²) in [6.45, 7) is 5.33. The molecule has 0 aliphatic carbocycles. The summed E-state index contributed by atoms with van der Waals surface area (Å²) in [6, 6.07) is 6.63. The lowest BCUT2D eigenvalue weighted by molar-refractivity contribution is -0.138. The van der Waals surface area contributed by atoms with Crippen LogP contribution in [0.4, 0.5) is 10.5 Å². The Morgan fingerprint density at radius 1 is 1.32 bits per heavy atom. The minimum absolute atomic E-state index is 0.380. The van der Waals surface area contributed by atoms with Crippen LogP contribution in [-0.4, -0.2) is 22.8 Å². The molecule has 0 saturated heterocycles. The topological polar surface area (TPSA) is 75.6 Å². The fraction of sp³-hybridized carbons (Fsp3) is 0.412. The SMILES string of the molecule is C#CCC[C@H](C(=O)O)c1ccc(NC(=O)OC(C)(C)C)cc1. The number of aliphatic carboxylic acids is 1. The molecule has 1 amide bonds. The zero-order valence-corrected chi connectivity index (χ0v) is 13.1. The maximum atomic E-state index is 11.6. The van der Waals surface area contributed by atoms with Crippen molar-refractivity contribution in [1.29, 1.82) is 0 Å². The van der Waals surface area contributed by atoms with Crippen LogP contribution < -0.4 is 5.32 Å². The molecule has 0 bridgehead atoms. The lowest BCUT2D eigenvalue weighted by Gasteiger charge is -2.19. The van der Waals surface area contributed by atoms with Crippen LogP contribution in [-0.2, 0) is 9.53 Å². The molecule has 0 fully saturated rings. The normalized spacial score (nSPS) is 12.1.